The predicted molar refractivity (Wildman–Crippen MR) is 109 cm³/mol. The van der Waals surface area contributed by atoms with Crippen LogP contribution in [0.2, 0.25) is 0 Å². The number of carbonyl (C=O) groups is 1. The SMILES string of the molecule is O=C(O)NCCCn1ccc2cncc(Nc3ccc(I)cc3F)c2c1=O. The van der Waals surface area contributed by atoms with Gasteiger partial charge in [-0.05, 0) is 53.3 Å². The normalized spacial score (nSPS) is 10.7. The van der Waals surface area contributed by atoms with Crippen LogP contribution in [0.5, 0.6) is 0 Å². The van der Waals surface area contributed by atoms with Crippen LogP contribution in [0.4, 0.5) is 20.6 Å². The topological polar surface area (TPSA) is 96.2 Å². The molecule has 1 aromatic carbocycles. The Morgan fingerprint density at radius 2 is 2.07 bits per heavy atom. The van der Waals surface area contributed by atoms with E-state index in [1.165, 1.54) is 16.8 Å². The molecule has 3 rings (SSSR count). The molecule has 0 aliphatic rings. The number of hydrogen-bond acceptors (Lipinski definition) is 4. The summed E-state index contributed by atoms with van der Waals surface area (Å²) in [4.78, 5) is 27.5. The van der Waals surface area contributed by atoms with Crippen molar-refractivity contribution in [2.75, 3.05) is 11.9 Å². The quantitative estimate of drug-likeness (QED) is 0.369. The van der Waals surface area contributed by atoms with Crippen LogP contribution < -0.4 is 16.2 Å². The second-order valence-electron chi connectivity index (χ2n) is 5.80. The summed E-state index contributed by atoms with van der Waals surface area (Å²) in [6, 6.07) is 6.52. The van der Waals surface area contributed by atoms with Crippen LogP contribution in [0.15, 0.2) is 47.7 Å². The van der Waals surface area contributed by atoms with Gasteiger partial charge in [0.25, 0.3) is 5.56 Å². The molecule has 0 aliphatic carbocycles. The van der Waals surface area contributed by atoms with Crippen LogP contribution in [0, 0.1) is 9.39 Å². The van der Waals surface area contributed by atoms with Crippen molar-refractivity contribution < 1.29 is 14.3 Å². The Bertz CT molecular complexity index is 1050. The summed E-state index contributed by atoms with van der Waals surface area (Å²) in [6.45, 7) is 0.601. The Morgan fingerprint density at radius 3 is 2.81 bits per heavy atom. The van der Waals surface area contributed by atoms with Gasteiger partial charge in [-0.3, -0.25) is 9.78 Å². The van der Waals surface area contributed by atoms with Gasteiger partial charge in [0, 0.05) is 34.4 Å². The van der Waals surface area contributed by atoms with E-state index in [-0.39, 0.29) is 17.8 Å². The minimum Gasteiger partial charge on any atom is -0.465 e. The predicted octanol–water partition coefficient (Wildman–Crippen LogP) is 3.54. The van der Waals surface area contributed by atoms with Crippen LogP contribution in [0.25, 0.3) is 10.8 Å². The Balaban J connectivity index is 1.92. The molecule has 0 radical (unpaired) electrons. The fourth-order valence-electron chi connectivity index (χ4n) is 2.67. The van der Waals surface area contributed by atoms with E-state index in [0.717, 1.165) is 3.57 Å². The lowest BCUT2D eigenvalue weighted by Crippen LogP contribution is -2.25. The Morgan fingerprint density at radius 1 is 1.26 bits per heavy atom. The van der Waals surface area contributed by atoms with Crippen molar-refractivity contribution in [1.29, 1.82) is 0 Å². The van der Waals surface area contributed by atoms with Gasteiger partial charge in [0.1, 0.15) is 5.82 Å². The van der Waals surface area contributed by atoms with Gasteiger partial charge < -0.3 is 20.3 Å². The number of aromatic nitrogens is 2. The third kappa shape index (κ3) is 4.54. The van der Waals surface area contributed by atoms with E-state index in [1.807, 2.05) is 22.6 Å². The molecule has 140 valence electrons. The summed E-state index contributed by atoms with van der Waals surface area (Å²) in [5, 5.41) is 14.8. The first-order chi connectivity index (χ1) is 13.0. The van der Waals surface area contributed by atoms with Gasteiger partial charge >= 0.3 is 6.09 Å². The zero-order valence-electron chi connectivity index (χ0n) is 14.1. The van der Waals surface area contributed by atoms with Gasteiger partial charge in [0.05, 0.1) is 23.0 Å². The van der Waals surface area contributed by atoms with Gasteiger partial charge in [0.15, 0.2) is 0 Å². The number of aryl methyl sites for hydroxylation is 1. The highest BCUT2D eigenvalue weighted by molar-refractivity contribution is 14.1. The number of hydrogen-bond donors (Lipinski definition) is 3. The summed E-state index contributed by atoms with van der Waals surface area (Å²) in [5.41, 5.74) is 0.416. The molecule has 0 spiro atoms. The number of anilines is 2. The molecular weight excluding hydrogens is 466 g/mol. The number of carboxylic acid groups (broad SMARTS) is 1. The first-order valence-corrected chi connectivity index (χ1v) is 9.19. The van der Waals surface area contributed by atoms with Crippen molar-refractivity contribution in [3.8, 4) is 0 Å². The van der Waals surface area contributed by atoms with E-state index in [1.54, 1.807) is 30.6 Å². The summed E-state index contributed by atoms with van der Waals surface area (Å²) in [7, 11) is 0. The largest absolute Gasteiger partial charge is 0.465 e. The van der Waals surface area contributed by atoms with E-state index in [0.29, 0.717) is 29.4 Å². The molecule has 0 atom stereocenters. The molecule has 0 fully saturated rings. The van der Waals surface area contributed by atoms with Crippen molar-refractivity contribution in [2.45, 2.75) is 13.0 Å². The van der Waals surface area contributed by atoms with Gasteiger partial charge in [0.2, 0.25) is 0 Å². The maximum absolute atomic E-state index is 14.2. The molecule has 1 amide bonds. The van der Waals surface area contributed by atoms with Crippen molar-refractivity contribution >= 4 is 50.8 Å². The van der Waals surface area contributed by atoms with Gasteiger partial charge in [-0.1, -0.05) is 0 Å². The average molecular weight is 482 g/mol. The first kappa shape index (κ1) is 19.1. The lowest BCUT2D eigenvalue weighted by atomic mass is 10.2. The van der Waals surface area contributed by atoms with E-state index in [4.69, 9.17) is 5.11 Å². The fourth-order valence-corrected chi connectivity index (χ4v) is 3.13. The van der Waals surface area contributed by atoms with Crippen LogP contribution >= 0.6 is 22.6 Å². The second-order valence-corrected chi connectivity index (χ2v) is 7.05. The summed E-state index contributed by atoms with van der Waals surface area (Å²) in [6.07, 6.45) is 4.07. The van der Waals surface area contributed by atoms with E-state index in [9.17, 15) is 14.0 Å². The van der Waals surface area contributed by atoms with Gasteiger partial charge in [-0.15, -0.1) is 0 Å². The Labute approximate surface area is 167 Å². The lowest BCUT2D eigenvalue weighted by molar-refractivity contribution is 0.194. The number of rotatable bonds is 6. The van der Waals surface area contributed by atoms with Crippen molar-refractivity contribution in [3.05, 3.63) is 62.6 Å². The van der Waals surface area contributed by atoms with Crippen molar-refractivity contribution in [1.82, 2.24) is 14.9 Å². The fraction of sp³-hybridized carbons (Fsp3) is 0.167. The molecule has 3 N–H and O–H groups in total. The van der Waals surface area contributed by atoms with E-state index in [2.05, 4.69) is 15.6 Å². The summed E-state index contributed by atoms with van der Waals surface area (Å²) < 4.78 is 16.4. The van der Waals surface area contributed by atoms with E-state index >= 15 is 0 Å². The zero-order valence-corrected chi connectivity index (χ0v) is 16.2. The second kappa shape index (κ2) is 8.33. The van der Waals surface area contributed by atoms with Crippen LogP contribution in [0.1, 0.15) is 6.42 Å². The monoisotopic (exact) mass is 482 g/mol. The van der Waals surface area contributed by atoms with Gasteiger partial charge in [-0.25, -0.2) is 9.18 Å². The molecule has 9 heteroatoms. The minimum absolute atomic E-state index is 0.245. The third-order valence-electron chi connectivity index (χ3n) is 3.94. The molecule has 0 saturated heterocycles. The molecule has 2 aromatic heterocycles. The summed E-state index contributed by atoms with van der Waals surface area (Å²) >= 11 is 2.02. The highest BCUT2D eigenvalue weighted by Gasteiger charge is 2.11. The number of halogens is 2. The van der Waals surface area contributed by atoms with E-state index < -0.39 is 11.9 Å². The number of nitrogens with one attached hydrogen (secondary N) is 2. The molecule has 0 aliphatic heterocycles. The maximum Gasteiger partial charge on any atom is 0.404 e. The zero-order chi connectivity index (χ0) is 19.4. The number of fused-ring (bicyclic) bond motifs is 1. The highest BCUT2D eigenvalue weighted by Crippen LogP contribution is 2.25. The number of pyridine rings is 2. The lowest BCUT2D eigenvalue weighted by Gasteiger charge is -2.12. The van der Waals surface area contributed by atoms with Crippen LogP contribution in [-0.4, -0.2) is 27.3 Å². The Kier molecular flexibility index (Phi) is 5.89. The minimum atomic E-state index is -1.10. The van der Waals surface area contributed by atoms with Crippen molar-refractivity contribution in [2.24, 2.45) is 0 Å². The van der Waals surface area contributed by atoms with Crippen molar-refractivity contribution in [3.63, 3.8) is 0 Å². The standard InChI is InChI=1S/C18H16FIN4O3/c19-13-8-12(20)2-3-14(13)23-15-10-21-9-11-4-7-24(17(25)16(11)15)6-1-5-22-18(26)27/h2-4,7-10,22-23H,1,5-6H2,(H,26,27). The highest BCUT2D eigenvalue weighted by atomic mass is 127. The number of amides is 1. The molecular formula is C18H16FIN4O3. The maximum atomic E-state index is 14.2. The Hall–Kier alpha value is -2.69. The molecule has 2 heterocycles. The number of nitrogens with zero attached hydrogens (tertiary/aromatic N) is 2. The number of benzene rings is 1. The molecule has 0 bridgehead atoms. The van der Waals surface area contributed by atoms with Crippen LogP contribution in [-0.2, 0) is 6.54 Å². The van der Waals surface area contributed by atoms with Crippen LogP contribution in [0.3, 0.4) is 0 Å². The first-order valence-electron chi connectivity index (χ1n) is 8.12. The summed E-state index contributed by atoms with van der Waals surface area (Å²) in [5.74, 6) is -0.421. The third-order valence-corrected chi connectivity index (χ3v) is 4.61. The molecule has 27 heavy (non-hydrogen) atoms. The molecule has 3 aromatic rings. The molecule has 0 unspecified atom stereocenters. The molecule has 7 nitrogen and oxygen atoms in total. The molecule has 0 saturated carbocycles. The van der Waals surface area contributed by atoms with Gasteiger partial charge in [-0.2, -0.15) is 0 Å². The smallest absolute Gasteiger partial charge is 0.404 e. The average Bonchev–Trinajstić information content (AvgIpc) is 2.62.